The topological polar surface area (TPSA) is 24.1 Å². The zero-order valence-electron chi connectivity index (χ0n) is 4.78. The van der Waals surface area contributed by atoms with Crippen molar-refractivity contribution in [3.63, 3.8) is 0 Å². The largest absolute Gasteiger partial charge is 0.387 e. The maximum absolute atomic E-state index is 3.39. The summed E-state index contributed by atoms with van der Waals surface area (Å²) in [6.07, 6.45) is 4.65. The van der Waals surface area contributed by atoms with E-state index in [4.69, 9.17) is 0 Å². The van der Waals surface area contributed by atoms with Gasteiger partial charge in [0.15, 0.2) is 0 Å². The van der Waals surface area contributed by atoms with Gasteiger partial charge in [-0.3, -0.25) is 0 Å². The summed E-state index contributed by atoms with van der Waals surface area (Å²) >= 11 is 0. The average Bonchev–Trinajstić information content (AvgIpc) is 2.12. The van der Waals surface area contributed by atoms with Gasteiger partial charge in [-0.05, 0) is 12.8 Å². The van der Waals surface area contributed by atoms with Crippen molar-refractivity contribution in [1.29, 1.82) is 0 Å². The van der Waals surface area contributed by atoms with Gasteiger partial charge in [-0.1, -0.05) is 0 Å². The molecule has 0 amide bonds. The molecular weight excluding hydrogens is 100 g/mol. The van der Waals surface area contributed by atoms with Crippen LogP contribution in [0, 0.1) is 0 Å². The fourth-order valence-electron chi connectivity index (χ4n) is 1.33. The summed E-state index contributed by atoms with van der Waals surface area (Å²) in [6.45, 7) is 1.11. The van der Waals surface area contributed by atoms with Crippen LogP contribution in [0.2, 0.25) is 0 Å². The molecule has 2 aliphatic heterocycles. The molecule has 0 aromatic carbocycles. The first-order valence-electron chi connectivity index (χ1n) is 3.14. The van der Waals surface area contributed by atoms with Gasteiger partial charge in [0.05, 0.1) is 0 Å². The molecule has 0 spiro atoms. The monoisotopic (exact) mass is 110 g/mol. The van der Waals surface area contributed by atoms with E-state index in [0.29, 0.717) is 0 Å². The van der Waals surface area contributed by atoms with Crippen LogP contribution in [0.3, 0.4) is 0 Å². The summed E-state index contributed by atoms with van der Waals surface area (Å²) in [5, 5.41) is 6.61. The lowest BCUT2D eigenvalue weighted by Crippen LogP contribution is -2.35. The fraction of sp³-hybridized carbons (Fsp3) is 0.667. The van der Waals surface area contributed by atoms with Crippen LogP contribution in [-0.4, -0.2) is 12.6 Å². The SMILES string of the molecule is C1=C2CCC(CN1)N2. The van der Waals surface area contributed by atoms with E-state index < -0.39 is 0 Å². The Kier molecular flexibility index (Phi) is 0.745. The van der Waals surface area contributed by atoms with Crippen molar-refractivity contribution < 1.29 is 0 Å². The number of allylic oxidation sites excluding steroid dienone is 1. The lowest BCUT2D eigenvalue weighted by molar-refractivity contribution is 0.570. The van der Waals surface area contributed by atoms with E-state index >= 15 is 0 Å². The third-order valence-corrected chi connectivity index (χ3v) is 1.79. The normalized spacial score (nSPS) is 33.0. The summed E-state index contributed by atoms with van der Waals surface area (Å²) < 4.78 is 0. The molecule has 2 heterocycles. The molecule has 8 heavy (non-hydrogen) atoms. The predicted octanol–water partition coefficient (Wildman–Crippen LogP) is 0.183. The van der Waals surface area contributed by atoms with Crippen LogP contribution in [-0.2, 0) is 0 Å². The summed E-state index contributed by atoms with van der Waals surface area (Å²) in [5.74, 6) is 0. The molecule has 2 rings (SSSR count). The van der Waals surface area contributed by atoms with Crippen molar-refractivity contribution in [3.05, 3.63) is 11.9 Å². The standard InChI is InChI=1S/C6H10N2/c1-2-6-4-7-3-5(1)8-6/h3,6-8H,1-2,4H2. The van der Waals surface area contributed by atoms with Gasteiger partial charge in [0.1, 0.15) is 0 Å². The quantitative estimate of drug-likeness (QED) is 0.465. The number of hydrogen-bond donors (Lipinski definition) is 2. The van der Waals surface area contributed by atoms with Gasteiger partial charge in [-0.25, -0.2) is 0 Å². The summed E-state index contributed by atoms with van der Waals surface area (Å²) in [4.78, 5) is 0. The maximum Gasteiger partial charge on any atom is 0.0435 e. The summed E-state index contributed by atoms with van der Waals surface area (Å²) in [6, 6.07) is 0.731. The van der Waals surface area contributed by atoms with E-state index in [9.17, 15) is 0 Å². The minimum atomic E-state index is 0.731. The minimum Gasteiger partial charge on any atom is -0.387 e. The zero-order valence-corrected chi connectivity index (χ0v) is 4.78. The number of nitrogens with one attached hydrogen (secondary N) is 2. The highest BCUT2D eigenvalue weighted by molar-refractivity contribution is 5.10. The molecule has 1 saturated heterocycles. The molecule has 2 aliphatic rings. The van der Waals surface area contributed by atoms with E-state index in [-0.39, 0.29) is 0 Å². The highest BCUT2D eigenvalue weighted by Crippen LogP contribution is 2.16. The molecule has 0 aromatic heterocycles. The molecule has 0 radical (unpaired) electrons. The van der Waals surface area contributed by atoms with Crippen LogP contribution in [0.25, 0.3) is 0 Å². The fourth-order valence-corrected chi connectivity index (χ4v) is 1.33. The Hall–Kier alpha value is -0.660. The second kappa shape index (κ2) is 1.41. The molecule has 44 valence electrons. The first kappa shape index (κ1) is 4.24. The van der Waals surface area contributed by atoms with Crippen LogP contribution >= 0.6 is 0 Å². The Balaban J connectivity index is 2.22. The number of fused-ring (bicyclic) bond motifs is 2. The predicted molar refractivity (Wildman–Crippen MR) is 32.2 cm³/mol. The molecule has 2 bridgehead atoms. The Morgan fingerprint density at radius 2 is 2.62 bits per heavy atom. The van der Waals surface area contributed by atoms with E-state index in [1.165, 1.54) is 18.5 Å². The Labute approximate surface area is 49.0 Å². The second-order valence-corrected chi connectivity index (χ2v) is 2.46. The van der Waals surface area contributed by atoms with Crippen molar-refractivity contribution in [2.24, 2.45) is 0 Å². The molecule has 1 fully saturated rings. The Bertz CT molecular complexity index is 126. The highest BCUT2D eigenvalue weighted by atomic mass is 15.1. The molecule has 0 aromatic rings. The minimum absolute atomic E-state index is 0.731. The second-order valence-electron chi connectivity index (χ2n) is 2.46. The molecular formula is C6H10N2. The van der Waals surface area contributed by atoms with E-state index in [2.05, 4.69) is 16.8 Å². The number of hydrogen-bond acceptors (Lipinski definition) is 2. The number of rotatable bonds is 0. The van der Waals surface area contributed by atoms with E-state index in [0.717, 1.165) is 12.6 Å². The molecule has 0 aliphatic carbocycles. The summed E-state index contributed by atoms with van der Waals surface area (Å²) in [5.41, 5.74) is 1.39. The van der Waals surface area contributed by atoms with Crippen LogP contribution in [0.4, 0.5) is 0 Å². The summed E-state index contributed by atoms with van der Waals surface area (Å²) in [7, 11) is 0. The third-order valence-electron chi connectivity index (χ3n) is 1.79. The van der Waals surface area contributed by atoms with E-state index in [1.807, 2.05) is 0 Å². The lowest BCUT2D eigenvalue weighted by Gasteiger charge is -2.15. The van der Waals surface area contributed by atoms with Crippen molar-refractivity contribution >= 4 is 0 Å². The van der Waals surface area contributed by atoms with Crippen LogP contribution in [0.15, 0.2) is 11.9 Å². The van der Waals surface area contributed by atoms with Gasteiger partial charge in [0.2, 0.25) is 0 Å². The maximum atomic E-state index is 3.39. The van der Waals surface area contributed by atoms with Crippen molar-refractivity contribution in [3.8, 4) is 0 Å². The molecule has 1 unspecified atom stereocenters. The van der Waals surface area contributed by atoms with Gasteiger partial charge >= 0.3 is 0 Å². The average molecular weight is 110 g/mol. The van der Waals surface area contributed by atoms with Gasteiger partial charge in [0, 0.05) is 24.5 Å². The van der Waals surface area contributed by atoms with Crippen molar-refractivity contribution in [2.45, 2.75) is 18.9 Å². The van der Waals surface area contributed by atoms with Crippen LogP contribution in [0.5, 0.6) is 0 Å². The van der Waals surface area contributed by atoms with Crippen molar-refractivity contribution in [2.75, 3.05) is 6.54 Å². The third kappa shape index (κ3) is 0.489. The molecule has 2 nitrogen and oxygen atoms in total. The lowest BCUT2D eigenvalue weighted by atomic mass is 10.2. The smallest absolute Gasteiger partial charge is 0.0435 e. The first-order chi connectivity index (χ1) is 3.95. The van der Waals surface area contributed by atoms with Crippen LogP contribution in [0.1, 0.15) is 12.8 Å². The molecule has 2 N–H and O–H groups in total. The van der Waals surface area contributed by atoms with Crippen LogP contribution < -0.4 is 10.6 Å². The van der Waals surface area contributed by atoms with Crippen molar-refractivity contribution in [1.82, 2.24) is 10.6 Å². The highest BCUT2D eigenvalue weighted by Gasteiger charge is 2.20. The first-order valence-corrected chi connectivity index (χ1v) is 3.14. The Morgan fingerprint density at radius 3 is 3.38 bits per heavy atom. The van der Waals surface area contributed by atoms with Gasteiger partial charge in [-0.15, -0.1) is 0 Å². The Morgan fingerprint density at radius 1 is 1.62 bits per heavy atom. The molecule has 2 heteroatoms. The van der Waals surface area contributed by atoms with E-state index in [1.54, 1.807) is 0 Å². The van der Waals surface area contributed by atoms with Gasteiger partial charge in [0.25, 0.3) is 0 Å². The van der Waals surface area contributed by atoms with Gasteiger partial charge in [-0.2, -0.15) is 0 Å². The van der Waals surface area contributed by atoms with Gasteiger partial charge < -0.3 is 10.6 Å². The molecule has 1 atom stereocenters. The zero-order chi connectivity index (χ0) is 5.40. The molecule has 0 saturated carbocycles.